The number of nitrogens with zero attached hydrogens (tertiary/aromatic N) is 1. The van der Waals surface area contributed by atoms with Crippen molar-refractivity contribution in [2.45, 2.75) is 0 Å². The maximum absolute atomic E-state index is 13.0. The third-order valence-corrected chi connectivity index (χ3v) is 1.61. The number of methoxy groups -OCH3 is 1. The summed E-state index contributed by atoms with van der Waals surface area (Å²) in [7, 11) is 1.27. The first kappa shape index (κ1) is 10.1. The van der Waals surface area contributed by atoms with Crippen molar-refractivity contribution < 1.29 is 14.1 Å². The monoisotopic (exact) mass is 198 g/mol. The maximum atomic E-state index is 13.0. The molecule has 0 spiro atoms. The van der Waals surface area contributed by atoms with Crippen molar-refractivity contribution >= 4 is 11.6 Å². The summed E-state index contributed by atoms with van der Waals surface area (Å²) < 4.78 is 17.5. The van der Waals surface area contributed by atoms with Crippen molar-refractivity contribution in [2.24, 2.45) is 0 Å². The fourth-order valence-corrected chi connectivity index (χ4v) is 0.914. The van der Waals surface area contributed by atoms with Crippen LogP contribution < -0.4 is 0 Å². The molecule has 6 heteroatoms. The molecule has 14 heavy (non-hydrogen) atoms. The summed E-state index contributed by atoms with van der Waals surface area (Å²) in [4.78, 5) is 9.43. The Morgan fingerprint density at radius 1 is 1.64 bits per heavy atom. The molecule has 0 bridgehead atoms. The summed E-state index contributed by atoms with van der Waals surface area (Å²) in [5.41, 5.74) is -0.451. The SMILES string of the molecule is COC(=N)c1ccc([N+](=O)[O-])c(F)c1. The molecule has 1 aromatic rings. The smallest absolute Gasteiger partial charge is 0.304 e. The van der Waals surface area contributed by atoms with Gasteiger partial charge in [0, 0.05) is 11.6 Å². The second-order valence-corrected chi connectivity index (χ2v) is 2.46. The Kier molecular flexibility index (Phi) is 2.76. The Balaban J connectivity index is 3.12. The van der Waals surface area contributed by atoms with Crippen LogP contribution in [0.25, 0.3) is 0 Å². The van der Waals surface area contributed by atoms with E-state index in [2.05, 4.69) is 4.74 Å². The molecule has 0 aliphatic carbocycles. The number of ether oxygens (including phenoxy) is 1. The minimum absolute atomic E-state index is 0.163. The van der Waals surface area contributed by atoms with Crippen LogP contribution >= 0.6 is 0 Å². The zero-order chi connectivity index (χ0) is 10.7. The van der Waals surface area contributed by atoms with E-state index in [1.807, 2.05) is 0 Å². The number of halogens is 1. The first-order chi connectivity index (χ1) is 6.56. The molecule has 0 unspecified atom stereocenters. The molecule has 0 radical (unpaired) electrons. The van der Waals surface area contributed by atoms with E-state index in [0.717, 1.165) is 12.1 Å². The maximum Gasteiger partial charge on any atom is 0.304 e. The Labute approximate surface area is 78.8 Å². The third kappa shape index (κ3) is 1.85. The van der Waals surface area contributed by atoms with E-state index in [1.54, 1.807) is 0 Å². The van der Waals surface area contributed by atoms with Gasteiger partial charge in [0.05, 0.1) is 12.0 Å². The van der Waals surface area contributed by atoms with Gasteiger partial charge in [-0.3, -0.25) is 15.5 Å². The van der Waals surface area contributed by atoms with E-state index < -0.39 is 16.4 Å². The van der Waals surface area contributed by atoms with Gasteiger partial charge < -0.3 is 4.74 Å². The lowest BCUT2D eigenvalue weighted by atomic mass is 10.2. The van der Waals surface area contributed by atoms with Crippen LogP contribution in [-0.2, 0) is 4.74 Å². The number of nitro benzene ring substituents is 1. The minimum atomic E-state index is -0.977. The quantitative estimate of drug-likeness (QED) is 0.340. The van der Waals surface area contributed by atoms with Gasteiger partial charge in [0.25, 0.3) is 0 Å². The van der Waals surface area contributed by atoms with Gasteiger partial charge in [0.1, 0.15) is 0 Å². The fraction of sp³-hybridized carbons (Fsp3) is 0.125. The average Bonchev–Trinajstić information content (AvgIpc) is 2.15. The number of hydrogen-bond donors (Lipinski definition) is 1. The van der Waals surface area contributed by atoms with Gasteiger partial charge in [-0.15, -0.1) is 0 Å². The molecule has 0 saturated carbocycles. The first-order valence-electron chi connectivity index (χ1n) is 3.63. The molecular formula is C8H7FN2O3. The van der Waals surface area contributed by atoms with Crippen molar-refractivity contribution in [3.05, 3.63) is 39.7 Å². The molecule has 0 fully saturated rings. The van der Waals surface area contributed by atoms with E-state index in [9.17, 15) is 14.5 Å². The van der Waals surface area contributed by atoms with Gasteiger partial charge in [-0.1, -0.05) is 0 Å². The molecular weight excluding hydrogens is 191 g/mol. The first-order valence-corrected chi connectivity index (χ1v) is 3.63. The predicted octanol–water partition coefficient (Wildman–Crippen LogP) is 1.71. The average molecular weight is 198 g/mol. The minimum Gasteiger partial charge on any atom is -0.481 e. The van der Waals surface area contributed by atoms with Crippen LogP contribution in [0.15, 0.2) is 18.2 Å². The summed E-state index contributed by atoms with van der Waals surface area (Å²) in [6.45, 7) is 0. The molecule has 0 aliphatic rings. The highest BCUT2D eigenvalue weighted by Crippen LogP contribution is 2.18. The van der Waals surface area contributed by atoms with Gasteiger partial charge in [0.15, 0.2) is 0 Å². The second kappa shape index (κ2) is 3.82. The molecule has 0 aromatic heterocycles. The fourth-order valence-electron chi connectivity index (χ4n) is 0.914. The highest BCUT2D eigenvalue weighted by atomic mass is 19.1. The summed E-state index contributed by atoms with van der Waals surface area (Å²) in [6.07, 6.45) is 0. The number of hydrogen-bond acceptors (Lipinski definition) is 4. The lowest BCUT2D eigenvalue weighted by molar-refractivity contribution is -0.387. The van der Waals surface area contributed by atoms with Crippen molar-refractivity contribution in [2.75, 3.05) is 7.11 Å². The summed E-state index contributed by atoms with van der Waals surface area (Å²) in [6, 6.07) is 3.15. The van der Waals surface area contributed by atoms with Gasteiger partial charge in [-0.2, -0.15) is 4.39 Å². The van der Waals surface area contributed by atoms with E-state index >= 15 is 0 Å². The van der Waals surface area contributed by atoms with Crippen molar-refractivity contribution in [1.29, 1.82) is 5.41 Å². The molecule has 0 saturated heterocycles. The molecule has 1 N–H and O–H groups in total. The zero-order valence-corrected chi connectivity index (χ0v) is 7.28. The summed E-state index contributed by atoms with van der Waals surface area (Å²) in [5, 5.41) is 17.4. The van der Waals surface area contributed by atoms with E-state index in [4.69, 9.17) is 5.41 Å². The van der Waals surface area contributed by atoms with Crippen molar-refractivity contribution in [1.82, 2.24) is 0 Å². The van der Waals surface area contributed by atoms with E-state index in [0.29, 0.717) is 0 Å². The van der Waals surface area contributed by atoms with Gasteiger partial charge in [-0.25, -0.2) is 0 Å². The van der Waals surface area contributed by atoms with Crippen molar-refractivity contribution in [3.8, 4) is 0 Å². The number of nitrogens with one attached hydrogen (secondary N) is 1. The molecule has 1 aromatic carbocycles. The standard InChI is InChI=1S/C8H7FN2O3/c1-14-8(10)5-2-3-7(11(12)13)6(9)4-5/h2-4,10H,1H3. The molecule has 0 atom stereocenters. The van der Waals surface area contributed by atoms with Crippen LogP contribution in [0.4, 0.5) is 10.1 Å². The van der Waals surface area contributed by atoms with Crippen LogP contribution in [0, 0.1) is 21.3 Å². The highest BCUT2D eigenvalue weighted by molar-refractivity contribution is 5.91. The molecule has 5 nitrogen and oxygen atoms in total. The van der Waals surface area contributed by atoms with Crippen LogP contribution in [0.1, 0.15) is 5.56 Å². The molecule has 0 amide bonds. The lowest BCUT2D eigenvalue weighted by Crippen LogP contribution is -2.02. The lowest BCUT2D eigenvalue weighted by Gasteiger charge is -2.01. The Hall–Kier alpha value is -1.98. The molecule has 1 rings (SSSR count). The van der Waals surface area contributed by atoms with Gasteiger partial charge >= 0.3 is 5.69 Å². The van der Waals surface area contributed by atoms with E-state index in [-0.39, 0.29) is 11.5 Å². The predicted molar refractivity (Wildman–Crippen MR) is 46.9 cm³/mol. The van der Waals surface area contributed by atoms with E-state index in [1.165, 1.54) is 13.2 Å². The molecule has 0 heterocycles. The Morgan fingerprint density at radius 2 is 2.29 bits per heavy atom. The number of nitro groups is 1. The Morgan fingerprint density at radius 3 is 2.71 bits per heavy atom. The molecule has 0 aliphatic heterocycles. The van der Waals surface area contributed by atoms with Crippen LogP contribution in [0.3, 0.4) is 0 Å². The van der Waals surface area contributed by atoms with Crippen LogP contribution in [0.5, 0.6) is 0 Å². The largest absolute Gasteiger partial charge is 0.481 e. The highest BCUT2D eigenvalue weighted by Gasteiger charge is 2.15. The van der Waals surface area contributed by atoms with Crippen molar-refractivity contribution in [3.63, 3.8) is 0 Å². The summed E-state index contributed by atoms with van der Waals surface area (Å²) >= 11 is 0. The topological polar surface area (TPSA) is 76.2 Å². The van der Waals surface area contributed by atoms with Crippen LogP contribution in [0.2, 0.25) is 0 Å². The van der Waals surface area contributed by atoms with Crippen LogP contribution in [-0.4, -0.2) is 17.9 Å². The molecule has 74 valence electrons. The number of benzene rings is 1. The third-order valence-electron chi connectivity index (χ3n) is 1.61. The zero-order valence-electron chi connectivity index (χ0n) is 7.28. The van der Waals surface area contributed by atoms with Gasteiger partial charge in [0.2, 0.25) is 11.7 Å². The normalized spacial score (nSPS) is 9.57. The second-order valence-electron chi connectivity index (χ2n) is 2.46. The van der Waals surface area contributed by atoms with Gasteiger partial charge in [-0.05, 0) is 12.1 Å². The summed E-state index contributed by atoms with van der Waals surface area (Å²) in [5.74, 6) is -1.21. The Bertz CT molecular complexity index is 392. The number of rotatable bonds is 2.